The van der Waals surface area contributed by atoms with Crippen LogP contribution in [-0.2, 0) is 0 Å². The van der Waals surface area contributed by atoms with E-state index in [1.165, 1.54) is 23.9 Å². The molecule has 0 aliphatic heterocycles. The molecular weight excluding hydrogens is 201 g/mol. The van der Waals surface area contributed by atoms with Crippen molar-refractivity contribution in [1.29, 1.82) is 0 Å². The highest BCUT2D eigenvalue weighted by molar-refractivity contribution is 7.99. The number of rotatable bonds is 4. The van der Waals surface area contributed by atoms with Gasteiger partial charge in [0.1, 0.15) is 5.82 Å². The SMILES string of the molecule is C[C@H](N)c1cc(F)ccc1SCCO. The molecule has 0 fully saturated rings. The second-order valence-corrected chi connectivity index (χ2v) is 4.18. The van der Waals surface area contributed by atoms with Crippen molar-refractivity contribution in [1.82, 2.24) is 0 Å². The third kappa shape index (κ3) is 2.97. The predicted octanol–water partition coefficient (Wildman–Crippen LogP) is 1.93. The second-order valence-electron chi connectivity index (χ2n) is 3.04. The molecule has 1 atom stereocenters. The first kappa shape index (κ1) is 11.5. The van der Waals surface area contributed by atoms with Gasteiger partial charge in [0, 0.05) is 16.7 Å². The molecule has 2 nitrogen and oxygen atoms in total. The van der Waals surface area contributed by atoms with Gasteiger partial charge in [-0.25, -0.2) is 4.39 Å². The minimum Gasteiger partial charge on any atom is -0.396 e. The molecule has 1 aromatic rings. The Morgan fingerprint density at radius 1 is 1.57 bits per heavy atom. The Bertz CT molecular complexity index is 304. The lowest BCUT2D eigenvalue weighted by molar-refractivity contribution is 0.322. The van der Waals surface area contributed by atoms with Crippen molar-refractivity contribution in [3.8, 4) is 0 Å². The molecule has 1 rings (SSSR count). The van der Waals surface area contributed by atoms with Gasteiger partial charge in [-0.15, -0.1) is 11.8 Å². The third-order valence-corrected chi connectivity index (χ3v) is 2.88. The van der Waals surface area contributed by atoms with Gasteiger partial charge in [-0.2, -0.15) is 0 Å². The monoisotopic (exact) mass is 215 g/mol. The Labute approximate surface area is 87.3 Å². The minimum atomic E-state index is -0.273. The molecule has 0 amide bonds. The predicted molar refractivity (Wildman–Crippen MR) is 56.8 cm³/mol. The molecule has 0 aliphatic rings. The number of hydrogen-bond acceptors (Lipinski definition) is 3. The summed E-state index contributed by atoms with van der Waals surface area (Å²) in [4.78, 5) is 0.940. The number of halogens is 1. The van der Waals surface area contributed by atoms with Gasteiger partial charge in [0.25, 0.3) is 0 Å². The molecule has 3 N–H and O–H groups in total. The van der Waals surface area contributed by atoms with Gasteiger partial charge in [-0.1, -0.05) is 0 Å². The van der Waals surface area contributed by atoms with Crippen LogP contribution in [0.5, 0.6) is 0 Å². The van der Waals surface area contributed by atoms with Crippen LogP contribution in [-0.4, -0.2) is 17.5 Å². The molecule has 0 heterocycles. The van der Waals surface area contributed by atoms with Crippen molar-refractivity contribution < 1.29 is 9.50 Å². The number of thioether (sulfide) groups is 1. The summed E-state index contributed by atoms with van der Waals surface area (Å²) in [6.45, 7) is 1.93. The van der Waals surface area contributed by atoms with Crippen LogP contribution in [0.2, 0.25) is 0 Å². The fourth-order valence-electron chi connectivity index (χ4n) is 1.16. The standard InChI is InChI=1S/C10H14FNOS/c1-7(12)9-6-8(11)2-3-10(9)14-5-4-13/h2-3,6-7,13H,4-5,12H2,1H3/t7-/m0/s1. The van der Waals surface area contributed by atoms with E-state index < -0.39 is 0 Å². The summed E-state index contributed by atoms with van der Waals surface area (Å²) in [6.07, 6.45) is 0. The van der Waals surface area contributed by atoms with Gasteiger partial charge in [-0.05, 0) is 30.7 Å². The van der Waals surface area contributed by atoms with E-state index in [4.69, 9.17) is 10.8 Å². The highest BCUT2D eigenvalue weighted by atomic mass is 32.2. The van der Waals surface area contributed by atoms with Crippen LogP contribution in [0.4, 0.5) is 4.39 Å². The maximum atomic E-state index is 12.9. The molecule has 0 saturated carbocycles. The molecule has 0 radical (unpaired) electrons. The summed E-state index contributed by atoms with van der Waals surface area (Å²) in [5, 5.41) is 8.69. The fraction of sp³-hybridized carbons (Fsp3) is 0.400. The van der Waals surface area contributed by atoms with E-state index in [0.717, 1.165) is 10.5 Å². The Hall–Kier alpha value is -0.580. The molecule has 1 aromatic carbocycles. The third-order valence-electron chi connectivity index (χ3n) is 1.81. The zero-order valence-corrected chi connectivity index (χ0v) is 8.85. The van der Waals surface area contributed by atoms with Crippen LogP contribution >= 0.6 is 11.8 Å². The molecule has 78 valence electrons. The van der Waals surface area contributed by atoms with Crippen LogP contribution in [0.25, 0.3) is 0 Å². The van der Waals surface area contributed by atoms with Gasteiger partial charge in [0.15, 0.2) is 0 Å². The van der Waals surface area contributed by atoms with Gasteiger partial charge in [-0.3, -0.25) is 0 Å². The summed E-state index contributed by atoms with van der Waals surface area (Å²) in [5.41, 5.74) is 6.51. The first-order valence-electron chi connectivity index (χ1n) is 4.44. The van der Waals surface area contributed by atoms with Crippen LogP contribution in [0.15, 0.2) is 23.1 Å². The highest BCUT2D eigenvalue weighted by Gasteiger charge is 2.08. The molecule has 0 saturated heterocycles. The molecule has 14 heavy (non-hydrogen) atoms. The summed E-state index contributed by atoms with van der Waals surface area (Å²) >= 11 is 1.49. The molecule has 0 aromatic heterocycles. The van der Waals surface area contributed by atoms with Crippen LogP contribution in [0.3, 0.4) is 0 Å². The smallest absolute Gasteiger partial charge is 0.123 e. The van der Waals surface area contributed by atoms with Crippen molar-refractivity contribution in [3.63, 3.8) is 0 Å². The lowest BCUT2D eigenvalue weighted by Gasteiger charge is -2.11. The topological polar surface area (TPSA) is 46.2 Å². The molecule has 0 spiro atoms. The number of aliphatic hydroxyl groups is 1. The fourth-order valence-corrected chi connectivity index (χ4v) is 2.05. The zero-order chi connectivity index (χ0) is 10.6. The summed E-state index contributed by atoms with van der Waals surface area (Å²) in [5.74, 6) is 0.330. The first-order chi connectivity index (χ1) is 6.65. The average molecular weight is 215 g/mol. The van der Waals surface area contributed by atoms with Crippen molar-refractivity contribution >= 4 is 11.8 Å². The molecular formula is C10H14FNOS. The Morgan fingerprint density at radius 2 is 2.29 bits per heavy atom. The first-order valence-corrected chi connectivity index (χ1v) is 5.42. The van der Waals surface area contributed by atoms with Crippen molar-refractivity contribution in [2.45, 2.75) is 17.9 Å². The average Bonchev–Trinajstić information content (AvgIpc) is 2.15. The number of hydrogen-bond donors (Lipinski definition) is 2. The minimum absolute atomic E-state index is 0.112. The molecule has 0 bridgehead atoms. The normalized spacial score (nSPS) is 12.9. The Kier molecular flexibility index (Phi) is 4.38. The Morgan fingerprint density at radius 3 is 2.86 bits per heavy atom. The molecule has 0 unspecified atom stereocenters. The van der Waals surface area contributed by atoms with Gasteiger partial charge in [0.05, 0.1) is 6.61 Å². The van der Waals surface area contributed by atoms with E-state index in [-0.39, 0.29) is 18.5 Å². The quantitative estimate of drug-likeness (QED) is 0.754. The zero-order valence-electron chi connectivity index (χ0n) is 8.03. The molecule has 0 aliphatic carbocycles. The summed E-state index contributed by atoms with van der Waals surface area (Å²) in [6, 6.07) is 4.37. The van der Waals surface area contributed by atoms with E-state index in [2.05, 4.69) is 0 Å². The van der Waals surface area contributed by atoms with Gasteiger partial charge in [0.2, 0.25) is 0 Å². The highest BCUT2D eigenvalue weighted by Crippen LogP contribution is 2.26. The van der Waals surface area contributed by atoms with E-state index in [1.807, 2.05) is 6.92 Å². The Balaban J connectivity index is 2.90. The van der Waals surface area contributed by atoms with Crippen LogP contribution < -0.4 is 5.73 Å². The van der Waals surface area contributed by atoms with Crippen LogP contribution in [0.1, 0.15) is 18.5 Å². The summed E-state index contributed by atoms with van der Waals surface area (Å²) < 4.78 is 12.9. The van der Waals surface area contributed by atoms with E-state index in [0.29, 0.717) is 5.75 Å². The number of nitrogens with two attached hydrogens (primary N) is 1. The largest absolute Gasteiger partial charge is 0.396 e. The maximum absolute atomic E-state index is 12.9. The number of aliphatic hydroxyl groups excluding tert-OH is 1. The lowest BCUT2D eigenvalue weighted by atomic mass is 10.1. The van der Waals surface area contributed by atoms with Crippen LogP contribution in [0, 0.1) is 5.82 Å². The van der Waals surface area contributed by atoms with Crippen molar-refractivity contribution in [3.05, 3.63) is 29.6 Å². The van der Waals surface area contributed by atoms with Gasteiger partial charge < -0.3 is 10.8 Å². The van der Waals surface area contributed by atoms with Crippen molar-refractivity contribution in [2.24, 2.45) is 5.73 Å². The summed E-state index contributed by atoms with van der Waals surface area (Å²) in [7, 11) is 0. The van der Waals surface area contributed by atoms with E-state index in [1.54, 1.807) is 6.07 Å². The lowest BCUT2D eigenvalue weighted by Crippen LogP contribution is -2.07. The van der Waals surface area contributed by atoms with Gasteiger partial charge >= 0.3 is 0 Å². The van der Waals surface area contributed by atoms with Crippen molar-refractivity contribution in [2.75, 3.05) is 12.4 Å². The second kappa shape index (κ2) is 5.34. The maximum Gasteiger partial charge on any atom is 0.123 e. The molecule has 4 heteroatoms. The number of benzene rings is 1. The van der Waals surface area contributed by atoms with E-state index >= 15 is 0 Å². The van der Waals surface area contributed by atoms with E-state index in [9.17, 15) is 4.39 Å².